The predicted octanol–water partition coefficient (Wildman–Crippen LogP) is 2.83. The Bertz CT molecular complexity index is 393. The van der Waals surface area contributed by atoms with Crippen LogP contribution < -0.4 is 0 Å². The number of nitrogens with zero attached hydrogens (tertiary/aromatic N) is 3. The standard InChI is InChI=1S/C9H12BrN3O2S.ClH/c1-12(2)3-4-16-9-8(13(14)15)5-7(10)6-11-9;/h5-6H,3-4H2,1-2H3;1H. The maximum atomic E-state index is 10.8. The van der Waals surface area contributed by atoms with Crippen molar-refractivity contribution < 1.29 is 4.92 Å². The van der Waals surface area contributed by atoms with Gasteiger partial charge in [0.05, 0.1) is 4.92 Å². The molecule has 0 N–H and O–H groups in total. The maximum absolute atomic E-state index is 10.8. The SMILES string of the molecule is CN(C)CCSc1ncc(Br)cc1[N+](=O)[O-].Cl. The monoisotopic (exact) mass is 341 g/mol. The fraction of sp³-hybridized carbons (Fsp3) is 0.444. The van der Waals surface area contributed by atoms with Crippen molar-refractivity contribution in [3.63, 3.8) is 0 Å². The van der Waals surface area contributed by atoms with E-state index < -0.39 is 4.92 Å². The van der Waals surface area contributed by atoms with Crippen molar-refractivity contribution in [2.75, 3.05) is 26.4 Å². The van der Waals surface area contributed by atoms with Gasteiger partial charge in [-0.25, -0.2) is 4.98 Å². The van der Waals surface area contributed by atoms with Gasteiger partial charge in [0.1, 0.15) is 0 Å². The van der Waals surface area contributed by atoms with Gasteiger partial charge in [-0.15, -0.1) is 12.4 Å². The van der Waals surface area contributed by atoms with Crippen LogP contribution in [-0.4, -0.2) is 41.2 Å². The Balaban J connectivity index is 0.00000256. The van der Waals surface area contributed by atoms with Crippen LogP contribution in [0.1, 0.15) is 0 Å². The van der Waals surface area contributed by atoms with Crippen LogP contribution in [0, 0.1) is 10.1 Å². The average Bonchev–Trinajstić information content (AvgIpc) is 2.19. The van der Waals surface area contributed by atoms with E-state index in [1.807, 2.05) is 19.0 Å². The van der Waals surface area contributed by atoms with Crippen molar-refractivity contribution in [1.82, 2.24) is 9.88 Å². The second-order valence-electron chi connectivity index (χ2n) is 3.39. The van der Waals surface area contributed by atoms with E-state index in [2.05, 4.69) is 20.9 Å². The molecule has 1 aromatic rings. The first-order valence-corrected chi connectivity index (χ1v) is 6.36. The molecule has 0 saturated carbocycles. The van der Waals surface area contributed by atoms with Gasteiger partial charge < -0.3 is 4.90 Å². The highest BCUT2D eigenvalue weighted by atomic mass is 79.9. The lowest BCUT2D eigenvalue weighted by Gasteiger charge is -2.08. The normalized spacial score (nSPS) is 10.1. The van der Waals surface area contributed by atoms with Crippen LogP contribution in [0.3, 0.4) is 0 Å². The highest BCUT2D eigenvalue weighted by Gasteiger charge is 2.15. The summed E-state index contributed by atoms with van der Waals surface area (Å²) in [7, 11) is 3.92. The minimum atomic E-state index is -0.407. The molecule has 96 valence electrons. The molecular weight excluding hydrogens is 330 g/mol. The van der Waals surface area contributed by atoms with Crippen molar-refractivity contribution in [2.45, 2.75) is 5.03 Å². The number of nitro groups is 1. The molecule has 0 amide bonds. The molecule has 8 heteroatoms. The van der Waals surface area contributed by atoms with E-state index in [-0.39, 0.29) is 18.1 Å². The Morgan fingerprint density at radius 3 is 2.76 bits per heavy atom. The second kappa shape index (κ2) is 7.86. The van der Waals surface area contributed by atoms with Gasteiger partial charge >= 0.3 is 5.69 Å². The van der Waals surface area contributed by atoms with Crippen molar-refractivity contribution in [3.05, 3.63) is 26.9 Å². The summed E-state index contributed by atoms with van der Waals surface area (Å²) in [5.41, 5.74) is 0.0538. The van der Waals surface area contributed by atoms with Crippen molar-refractivity contribution >= 4 is 45.8 Å². The van der Waals surface area contributed by atoms with E-state index in [1.165, 1.54) is 17.8 Å². The molecule has 0 aliphatic heterocycles. The summed E-state index contributed by atoms with van der Waals surface area (Å²) in [5.74, 6) is 0.780. The fourth-order valence-corrected chi connectivity index (χ4v) is 2.36. The van der Waals surface area contributed by atoms with Crippen LogP contribution >= 0.6 is 40.1 Å². The van der Waals surface area contributed by atoms with Crippen LogP contribution in [0.2, 0.25) is 0 Å². The Morgan fingerprint density at radius 1 is 1.59 bits per heavy atom. The first kappa shape index (κ1) is 16.6. The van der Waals surface area contributed by atoms with Crippen molar-refractivity contribution in [3.8, 4) is 0 Å². The molecule has 0 bridgehead atoms. The lowest BCUT2D eigenvalue weighted by molar-refractivity contribution is -0.388. The molecule has 0 atom stereocenters. The summed E-state index contributed by atoms with van der Waals surface area (Å²) in [5, 5.41) is 11.3. The van der Waals surface area contributed by atoms with Crippen molar-refractivity contribution in [2.24, 2.45) is 0 Å². The van der Waals surface area contributed by atoms with Gasteiger partial charge in [0.25, 0.3) is 0 Å². The Morgan fingerprint density at radius 2 is 2.24 bits per heavy atom. The zero-order chi connectivity index (χ0) is 12.1. The quantitative estimate of drug-likeness (QED) is 0.468. The fourth-order valence-electron chi connectivity index (χ4n) is 0.983. The average molecular weight is 343 g/mol. The number of hydrogen-bond donors (Lipinski definition) is 0. The van der Waals surface area contributed by atoms with E-state index in [0.717, 1.165) is 12.3 Å². The molecule has 5 nitrogen and oxygen atoms in total. The molecular formula is C9H13BrClN3O2S. The largest absolute Gasteiger partial charge is 0.309 e. The van der Waals surface area contributed by atoms with E-state index in [1.54, 1.807) is 6.20 Å². The molecule has 0 saturated heterocycles. The van der Waals surface area contributed by atoms with Gasteiger partial charge in [-0.3, -0.25) is 10.1 Å². The number of hydrogen-bond acceptors (Lipinski definition) is 5. The number of aromatic nitrogens is 1. The summed E-state index contributed by atoms with van der Waals surface area (Å²) in [6.07, 6.45) is 1.57. The third-order valence-electron chi connectivity index (χ3n) is 1.77. The summed E-state index contributed by atoms with van der Waals surface area (Å²) < 4.78 is 0.621. The third kappa shape index (κ3) is 5.67. The highest BCUT2D eigenvalue weighted by Crippen LogP contribution is 2.29. The second-order valence-corrected chi connectivity index (χ2v) is 5.39. The first-order valence-electron chi connectivity index (χ1n) is 4.58. The minimum absolute atomic E-state index is 0. The molecule has 0 fully saturated rings. The predicted molar refractivity (Wildman–Crippen MR) is 75.1 cm³/mol. The van der Waals surface area contributed by atoms with Gasteiger partial charge in [0, 0.05) is 29.0 Å². The summed E-state index contributed by atoms with van der Waals surface area (Å²) in [4.78, 5) is 16.5. The molecule has 0 aromatic carbocycles. The van der Waals surface area contributed by atoms with Crippen LogP contribution in [0.15, 0.2) is 21.8 Å². The van der Waals surface area contributed by atoms with E-state index in [0.29, 0.717) is 9.50 Å². The molecule has 0 spiro atoms. The number of rotatable bonds is 5. The summed E-state index contributed by atoms with van der Waals surface area (Å²) in [6, 6.07) is 1.48. The van der Waals surface area contributed by atoms with Crippen molar-refractivity contribution in [1.29, 1.82) is 0 Å². The van der Waals surface area contributed by atoms with Crippen LogP contribution in [0.5, 0.6) is 0 Å². The Labute approximate surface area is 119 Å². The number of thioether (sulfide) groups is 1. The molecule has 1 rings (SSSR count). The Hall–Kier alpha value is -0.370. The van der Waals surface area contributed by atoms with Crippen LogP contribution in [-0.2, 0) is 0 Å². The topological polar surface area (TPSA) is 59.3 Å². The summed E-state index contributed by atoms with van der Waals surface area (Å²) in [6.45, 7) is 0.861. The molecule has 17 heavy (non-hydrogen) atoms. The van der Waals surface area contributed by atoms with Gasteiger partial charge in [-0.2, -0.15) is 0 Å². The molecule has 0 radical (unpaired) electrons. The van der Waals surface area contributed by atoms with E-state index in [9.17, 15) is 10.1 Å². The summed E-state index contributed by atoms with van der Waals surface area (Å²) >= 11 is 4.57. The smallest absolute Gasteiger partial charge is 0.302 e. The van der Waals surface area contributed by atoms with Crippen LogP contribution in [0.25, 0.3) is 0 Å². The van der Waals surface area contributed by atoms with E-state index >= 15 is 0 Å². The molecule has 1 heterocycles. The maximum Gasteiger partial charge on any atom is 0.302 e. The van der Waals surface area contributed by atoms with Gasteiger partial charge in [-0.05, 0) is 30.0 Å². The first-order chi connectivity index (χ1) is 7.50. The number of halogens is 2. The molecule has 0 aliphatic rings. The molecule has 0 unspecified atom stereocenters. The van der Waals surface area contributed by atoms with Gasteiger partial charge in [-0.1, -0.05) is 11.8 Å². The van der Waals surface area contributed by atoms with E-state index in [4.69, 9.17) is 0 Å². The van der Waals surface area contributed by atoms with Crippen LogP contribution in [0.4, 0.5) is 5.69 Å². The Kier molecular flexibility index (Phi) is 7.69. The minimum Gasteiger partial charge on any atom is -0.309 e. The lowest BCUT2D eigenvalue weighted by Crippen LogP contribution is -2.14. The highest BCUT2D eigenvalue weighted by molar-refractivity contribution is 9.10. The molecule has 0 aliphatic carbocycles. The molecule has 1 aromatic heterocycles. The number of pyridine rings is 1. The van der Waals surface area contributed by atoms with Gasteiger partial charge in [0.15, 0.2) is 5.03 Å². The van der Waals surface area contributed by atoms with Gasteiger partial charge in [0.2, 0.25) is 0 Å². The zero-order valence-electron chi connectivity index (χ0n) is 9.42. The lowest BCUT2D eigenvalue weighted by atomic mass is 10.4. The third-order valence-corrected chi connectivity index (χ3v) is 3.18. The zero-order valence-corrected chi connectivity index (χ0v) is 12.6.